The van der Waals surface area contributed by atoms with Crippen molar-refractivity contribution in [1.82, 2.24) is 9.91 Å². The second-order valence-corrected chi connectivity index (χ2v) is 7.44. The van der Waals surface area contributed by atoms with Crippen molar-refractivity contribution < 1.29 is 14.7 Å². The highest BCUT2D eigenvalue weighted by molar-refractivity contribution is 6.13. The minimum atomic E-state index is -1.10. The lowest BCUT2D eigenvalue weighted by Gasteiger charge is -2.46. The van der Waals surface area contributed by atoms with E-state index in [1.165, 1.54) is 9.91 Å². The summed E-state index contributed by atoms with van der Waals surface area (Å²) < 4.78 is 0. The molecule has 1 aliphatic heterocycles. The van der Waals surface area contributed by atoms with Gasteiger partial charge in [-0.2, -0.15) is 5.10 Å². The van der Waals surface area contributed by atoms with Crippen LogP contribution in [0.2, 0.25) is 0 Å². The maximum absolute atomic E-state index is 12.7. The number of nitrogens with zero attached hydrogens (tertiary/aromatic N) is 3. The van der Waals surface area contributed by atoms with E-state index >= 15 is 0 Å². The molecule has 0 aliphatic carbocycles. The van der Waals surface area contributed by atoms with Gasteiger partial charge in [-0.3, -0.25) is 9.69 Å². The molecule has 2 amide bonds. The standard InChI is InChI=1S/C21H23N3O3/c1-21(2,3)24(20(26)27)17-14-23(19(17)25)22-18(15-10-6-4-7-11-15)16-12-8-5-9-13-16/h4-13,17H,14H2,1-3H3,(H,26,27)/t17-/m0/s1. The summed E-state index contributed by atoms with van der Waals surface area (Å²) >= 11 is 0. The van der Waals surface area contributed by atoms with Gasteiger partial charge in [0, 0.05) is 16.7 Å². The van der Waals surface area contributed by atoms with Crippen molar-refractivity contribution in [2.24, 2.45) is 5.10 Å². The largest absolute Gasteiger partial charge is 0.465 e. The van der Waals surface area contributed by atoms with Gasteiger partial charge in [0.1, 0.15) is 6.04 Å². The molecule has 2 aromatic rings. The summed E-state index contributed by atoms with van der Waals surface area (Å²) in [7, 11) is 0. The van der Waals surface area contributed by atoms with Gasteiger partial charge in [-0.25, -0.2) is 9.80 Å². The van der Waals surface area contributed by atoms with Crippen LogP contribution in [-0.2, 0) is 4.79 Å². The van der Waals surface area contributed by atoms with Gasteiger partial charge in [0.05, 0.1) is 12.3 Å². The molecule has 1 fully saturated rings. The van der Waals surface area contributed by atoms with Crippen LogP contribution in [0, 0.1) is 0 Å². The number of rotatable bonds is 4. The van der Waals surface area contributed by atoms with E-state index in [2.05, 4.69) is 5.10 Å². The number of hydrazone groups is 1. The first-order valence-corrected chi connectivity index (χ1v) is 8.82. The molecule has 0 saturated carbocycles. The fourth-order valence-electron chi connectivity index (χ4n) is 3.16. The molecule has 0 bridgehead atoms. The molecule has 1 heterocycles. The first-order valence-electron chi connectivity index (χ1n) is 8.82. The first kappa shape index (κ1) is 18.6. The number of hydrogen-bond donors (Lipinski definition) is 1. The lowest BCUT2D eigenvalue weighted by molar-refractivity contribution is -0.152. The van der Waals surface area contributed by atoms with Gasteiger partial charge >= 0.3 is 6.09 Å². The smallest absolute Gasteiger partial charge is 0.408 e. The van der Waals surface area contributed by atoms with E-state index in [0.717, 1.165) is 11.1 Å². The van der Waals surface area contributed by atoms with Crippen molar-refractivity contribution in [2.45, 2.75) is 32.4 Å². The fourth-order valence-corrected chi connectivity index (χ4v) is 3.16. The highest BCUT2D eigenvalue weighted by Gasteiger charge is 2.47. The summed E-state index contributed by atoms with van der Waals surface area (Å²) in [6.45, 7) is 5.57. The maximum atomic E-state index is 12.7. The third-order valence-electron chi connectivity index (χ3n) is 4.44. The SMILES string of the molecule is CC(C)(C)N(C(=O)O)[C@H]1CN(N=C(c2ccccc2)c2ccccc2)C1=O. The van der Waals surface area contributed by atoms with Crippen LogP contribution in [0.25, 0.3) is 0 Å². The molecule has 0 radical (unpaired) electrons. The van der Waals surface area contributed by atoms with Crippen molar-refractivity contribution >= 4 is 17.7 Å². The van der Waals surface area contributed by atoms with E-state index in [1.54, 1.807) is 20.8 Å². The highest BCUT2D eigenvalue weighted by Crippen LogP contribution is 2.26. The van der Waals surface area contributed by atoms with Crippen LogP contribution < -0.4 is 0 Å². The van der Waals surface area contributed by atoms with E-state index in [9.17, 15) is 14.7 Å². The molecule has 0 spiro atoms. The molecular weight excluding hydrogens is 342 g/mol. The molecule has 3 rings (SSSR count). The Kier molecular flexibility index (Phi) is 4.99. The monoisotopic (exact) mass is 365 g/mol. The van der Waals surface area contributed by atoms with Crippen LogP contribution in [0.15, 0.2) is 65.8 Å². The number of carboxylic acid groups (broad SMARTS) is 1. The molecule has 1 N–H and O–H groups in total. The average Bonchev–Trinajstić information content (AvgIpc) is 2.63. The molecule has 6 nitrogen and oxygen atoms in total. The van der Waals surface area contributed by atoms with Crippen molar-refractivity contribution in [2.75, 3.05) is 6.54 Å². The lowest BCUT2D eigenvalue weighted by atomic mass is 9.99. The quantitative estimate of drug-likeness (QED) is 0.666. The molecule has 1 atom stereocenters. The van der Waals surface area contributed by atoms with Gasteiger partial charge in [-0.15, -0.1) is 0 Å². The summed E-state index contributed by atoms with van der Waals surface area (Å²) in [4.78, 5) is 25.5. The highest BCUT2D eigenvalue weighted by atomic mass is 16.4. The number of β-lactam (4-membered cyclic amide) rings is 1. The second-order valence-electron chi connectivity index (χ2n) is 7.44. The Labute approximate surface area is 158 Å². The minimum absolute atomic E-state index is 0.242. The third-order valence-corrected chi connectivity index (χ3v) is 4.44. The summed E-state index contributed by atoms with van der Waals surface area (Å²) in [5.41, 5.74) is 1.81. The fraction of sp³-hybridized carbons (Fsp3) is 0.286. The minimum Gasteiger partial charge on any atom is -0.465 e. The number of carbonyl (C=O) groups excluding carboxylic acids is 1. The predicted molar refractivity (Wildman–Crippen MR) is 104 cm³/mol. The first-order chi connectivity index (χ1) is 12.8. The van der Waals surface area contributed by atoms with Crippen LogP contribution >= 0.6 is 0 Å². The molecular formula is C21H23N3O3. The molecule has 140 valence electrons. The van der Waals surface area contributed by atoms with Gasteiger partial charge in [0.2, 0.25) is 0 Å². The Morgan fingerprint density at radius 1 is 1.04 bits per heavy atom. The Morgan fingerprint density at radius 3 is 1.89 bits per heavy atom. The zero-order valence-electron chi connectivity index (χ0n) is 15.7. The van der Waals surface area contributed by atoms with Crippen LogP contribution in [0.5, 0.6) is 0 Å². The average molecular weight is 365 g/mol. The normalized spacial score (nSPS) is 16.5. The molecule has 0 unspecified atom stereocenters. The molecule has 2 aromatic carbocycles. The Morgan fingerprint density at radius 2 is 1.52 bits per heavy atom. The third kappa shape index (κ3) is 3.84. The van der Waals surface area contributed by atoms with E-state index in [0.29, 0.717) is 5.71 Å². The number of benzene rings is 2. The van der Waals surface area contributed by atoms with Gasteiger partial charge in [-0.05, 0) is 20.8 Å². The summed E-state index contributed by atoms with van der Waals surface area (Å²) in [5, 5.41) is 15.4. The van der Waals surface area contributed by atoms with Gasteiger partial charge < -0.3 is 5.11 Å². The van der Waals surface area contributed by atoms with Crippen LogP contribution in [0.4, 0.5) is 4.79 Å². The van der Waals surface area contributed by atoms with Gasteiger partial charge in [0.25, 0.3) is 5.91 Å². The molecule has 6 heteroatoms. The van der Waals surface area contributed by atoms with E-state index in [4.69, 9.17) is 0 Å². The molecule has 27 heavy (non-hydrogen) atoms. The van der Waals surface area contributed by atoms with E-state index in [1.807, 2.05) is 60.7 Å². The zero-order chi connectivity index (χ0) is 19.6. The van der Waals surface area contributed by atoms with Gasteiger partial charge in [-0.1, -0.05) is 60.7 Å². The van der Waals surface area contributed by atoms with Crippen molar-refractivity contribution in [3.8, 4) is 0 Å². The Balaban J connectivity index is 1.90. The van der Waals surface area contributed by atoms with Crippen molar-refractivity contribution in [3.63, 3.8) is 0 Å². The summed E-state index contributed by atoms with van der Waals surface area (Å²) in [6.07, 6.45) is -1.10. The lowest BCUT2D eigenvalue weighted by Crippen LogP contribution is -2.67. The summed E-state index contributed by atoms with van der Waals surface area (Å²) in [6, 6.07) is 18.5. The van der Waals surface area contributed by atoms with E-state index < -0.39 is 17.7 Å². The molecule has 1 aliphatic rings. The van der Waals surface area contributed by atoms with Crippen LogP contribution in [-0.4, -0.2) is 50.9 Å². The Bertz CT molecular complexity index is 816. The number of hydrogen-bond acceptors (Lipinski definition) is 3. The maximum Gasteiger partial charge on any atom is 0.408 e. The number of amides is 2. The van der Waals surface area contributed by atoms with Crippen LogP contribution in [0.1, 0.15) is 31.9 Å². The van der Waals surface area contributed by atoms with Gasteiger partial charge in [0.15, 0.2) is 0 Å². The van der Waals surface area contributed by atoms with Crippen molar-refractivity contribution in [1.29, 1.82) is 0 Å². The topological polar surface area (TPSA) is 73.2 Å². The number of carbonyl (C=O) groups is 2. The molecule has 0 aromatic heterocycles. The van der Waals surface area contributed by atoms with E-state index in [-0.39, 0.29) is 12.5 Å². The predicted octanol–water partition coefficient (Wildman–Crippen LogP) is 3.43. The van der Waals surface area contributed by atoms with Crippen molar-refractivity contribution in [3.05, 3.63) is 71.8 Å². The summed E-state index contributed by atoms with van der Waals surface area (Å²) in [5.74, 6) is -0.309. The van der Waals surface area contributed by atoms with Crippen LogP contribution in [0.3, 0.4) is 0 Å². The molecule has 1 saturated heterocycles. The zero-order valence-corrected chi connectivity index (χ0v) is 15.7. The second kappa shape index (κ2) is 7.23. The Hall–Kier alpha value is -3.15.